The molecule has 2 aromatic rings. The van der Waals surface area contributed by atoms with Crippen LogP contribution in [0.15, 0.2) is 24.7 Å². The number of aromatic nitrogens is 3. The van der Waals surface area contributed by atoms with E-state index < -0.39 is 10.7 Å². The molecule has 4 heterocycles. The van der Waals surface area contributed by atoms with Crippen LogP contribution < -0.4 is 14.5 Å². The Labute approximate surface area is 135 Å². The Morgan fingerprint density at radius 2 is 2.04 bits per heavy atom. The van der Waals surface area contributed by atoms with Gasteiger partial charge in [0.25, 0.3) is 5.69 Å². The topological polar surface area (TPSA) is 97.5 Å². The van der Waals surface area contributed by atoms with Crippen LogP contribution in [-0.2, 0) is 0 Å². The first-order chi connectivity index (χ1) is 11.6. The standard InChI is InChI=1S/C14H13FN6O3/c15-9-4-17-14(18-5-9)19-1-2-20-11(7-19)8-24-12-3-10(21(22)23)6-16-13(12)20/h3-6,11H,1-2,7-8H2. The van der Waals surface area contributed by atoms with Crippen LogP contribution in [0.3, 0.4) is 0 Å². The minimum atomic E-state index is -0.494. The van der Waals surface area contributed by atoms with E-state index in [2.05, 4.69) is 19.9 Å². The summed E-state index contributed by atoms with van der Waals surface area (Å²) in [4.78, 5) is 26.6. The van der Waals surface area contributed by atoms with Crippen molar-refractivity contribution in [3.63, 3.8) is 0 Å². The van der Waals surface area contributed by atoms with Crippen LogP contribution in [0, 0.1) is 15.9 Å². The largest absolute Gasteiger partial charge is 0.487 e. The zero-order valence-electron chi connectivity index (χ0n) is 12.5. The lowest BCUT2D eigenvalue weighted by atomic mass is 10.1. The minimum absolute atomic E-state index is 0.0221. The molecule has 1 atom stereocenters. The van der Waals surface area contributed by atoms with Gasteiger partial charge in [-0.3, -0.25) is 10.1 Å². The second-order valence-electron chi connectivity index (χ2n) is 5.58. The van der Waals surface area contributed by atoms with Gasteiger partial charge in [0, 0.05) is 19.6 Å². The maximum absolute atomic E-state index is 12.9. The third kappa shape index (κ3) is 2.45. The first-order valence-electron chi connectivity index (χ1n) is 7.38. The van der Waals surface area contributed by atoms with Crippen molar-refractivity contribution in [1.82, 2.24) is 15.0 Å². The number of nitrogens with zero attached hydrogens (tertiary/aromatic N) is 6. The molecule has 9 nitrogen and oxygen atoms in total. The molecular formula is C14H13FN6O3. The molecule has 0 spiro atoms. The van der Waals surface area contributed by atoms with Gasteiger partial charge in [0.05, 0.1) is 29.4 Å². The predicted molar refractivity (Wildman–Crippen MR) is 81.7 cm³/mol. The van der Waals surface area contributed by atoms with Crippen LogP contribution in [0.1, 0.15) is 0 Å². The van der Waals surface area contributed by atoms with Gasteiger partial charge in [0.1, 0.15) is 12.8 Å². The maximum atomic E-state index is 12.9. The summed E-state index contributed by atoms with van der Waals surface area (Å²) in [6.07, 6.45) is 3.52. The van der Waals surface area contributed by atoms with E-state index in [9.17, 15) is 14.5 Å². The van der Waals surface area contributed by atoms with Gasteiger partial charge in [0.2, 0.25) is 5.95 Å². The number of anilines is 2. The van der Waals surface area contributed by atoms with Gasteiger partial charge in [0.15, 0.2) is 17.4 Å². The first-order valence-corrected chi connectivity index (χ1v) is 7.38. The Morgan fingerprint density at radius 3 is 2.79 bits per heavy atom. The summed E-state index contributed by atoms with van der Waals surface area (Å²) in [7, 11) is 0. The zero-order valence-corrected chi connectivity index (χ0v) is 12.5. The molecule has 24 heavy (non-hydrogen) atoms. The lowest BCUT2D eigenvalue weighted by Gasteiger charge is -2.44. The highest BCUT2D eigenvalue weighted by atomic mass is 19.1. The van der Waals surface area contributed by atoms with Crippen LogP contribution in [0.25, 0.3) is 0 Å². The number of nitro groups is 1. The number of halogens is 1. The third-order valence-corrected chi connectivity index (χ3v) is 4.10. The first kappa shape index (κ1) is 14.5. The van der Waals surface area contributed by atoms with Gasteiger partial charge >= 0.3 is 0 Å². The highest BCUT2D eigenvalue weighted by molar-refractivity contribution is 5.59. The Morgan fingerprint density at radius 1 is 1.25 bits per heavy atom. The molecule has 2 aromatic heterocycles. The van der Waals surface area contributed by atoms with Gasteiger partial charge in [-0.05, 0) is 0 Å². The van der Waals surface area contributed by atoms with Crippen molar-refractivity contribution in [3.05, 3.63) is 40.6 Å². The third-order valence-electron chi connectivity index (χ3n) is 4.10. The molecule has 1 unspecified atom stereocenters. The molecule has 4 rings (SSSR count). The van der Waals surface area contributed by atoms with Crippen LogP contribution in [0.4, 0.5) is 21.8 Å². The summed E-state index contributed by atoms with van der Waals surface area (Å²) >= 11 is 0. The lowest BCUT2D eigenvalue weighted by molar-refractivity contribution is -0.385. The number of hydrogen-bond acceptors (Lipinski definition) is 8. The van der Waals surface area contributed by atoms with Crippen molar-refractivity contribution in [2.45, 2.75) is 6.04 Å². The van der Waals surface area contributed by atoms with E-state index in [0.717, 1.165) is 12.4 Å². The molecule has 0 bridgehead atoms. The van der Waals surface area contributed by atoms with Gasteiger partial charge in [-0.25, -0.2) is 19.3 Å². The summed E-state index contributed by atoms with van der Waals surface area (Å²) in [6.45, 7) is 2.27. The highest BCUT2D eigenvalue weighted by Gasteiger charge is 2.35. The van der Waals surface area contributed by atoms with E-state index in [4.69, 9.17) is 4.74 Å². The Bertz CT molecular complexity index is 787. The molecule has 2 aliphatic rings. The van der Waals surface area contributed by atoms with Crippen LogP contribution in [0.2, 0.25) is 0 Å². The fourth-order valence-electron chi connectivity index (χ4n) is 2.96. The van der Waals surface area contributed by atoms with Crippen molar-refractivity contribution in [3.8, 4) is 5.75 Å². The number of hydrogen-bond donors (Lipinski definition) is 0. The van der Waals surface area contributed by atoms with Crippen LogP contribution >= 0.6 is 0 Å². The zero-order chi connectivity index (χ0) is 16.7. The van der Waals surface area contributed by atoms with E-state index in [0.29, 0.717) is 43.8 Å². The molecule has 1 saturated heterocycles. The van der Waals surface area contributed by atoms with E-state index in [1.54, 1.807) is 0 Å². The molecule has 1 fully saturated rings. The lowest BCUT2D eigenvalue weighted by Crippen LogP contribution is -2.58. The summed E-state index contributed by atoms with van der Waals surface area (Å²) in [5, 5.41) is 10.8. The quantitative estimate of drug-likeness (QED) is 0.593. The van der Waals surface area contributed by atoms with Gasteiger partial charge in [-0.1, -0.05) is 0 Å². The molecule has 0 amide bonds. The SMILES string of the molecule is O=[N+]([O-])c1cnc2c(c1)OCC1CN(c3ncc(F)cn3)CCN21. The van der Waals surface area contributed by atoms with Crippen molar-refractivity contribution < 1.29 is 14.1 Å². The Balaban J connectivity index is 1.55. The summed E-state index contributed by atoms with van der Waals surface area (Å²) in [5.41, 5.74) is -0.0921. The molecule has 2 aliphatic heterocycles. The van der Waals surface area contributed by atoms with Crippen molar-refractivity contribution in [2.24, 2.45) is 0 Å². The van der Waals surface area contributed by atoms with E-state index in [1.807, 2.05) is 4.90 Å². The van der Waals surface area contributed by atoms with E-state index in [1.165, 1.54) is 12.3 Å². The molecule has 10 heteroatoms. The molecule has 0 saturated carbocycles. The number of rotatable bonds is 2. The summed E-state index contributed by atoms with van der Waals surface area (Å²) in [6, 6.07) is 1.42. The molecular weight excluding hydrogens is 319 g/mol. The average Bonchev–Trinajstić information content (AvgIpc) is 2.61. The van der Waals surface area contributed by atoms with Crippen molar-refractivity contribution in [2.75, 3.05) is 36.0 Å². The van der Waals surface area contributed by atoms with Gasteiger partial charge in [-0.15, -0.1) is 0 Å². The number of fused-ring (bicyclic) bond motifs is 3. The van der Waals surface area contributed by atoms with Crippen molar-refractivity contribution >= 4 is 17.5 Å². The molecule has 0 aromatic carbocycles. The second kappa shape index (κ2) is 5.55. The van der Waals surface area contributed by atoms with Crippen LogP contribution in [-0.4, -0.2) is 52.2 Å². The van der Waals surface area contributed by atoms with E-state index >= 15 is 0 Å². The van der Waals surface area contributed by atoms with Crippen LogP contribution in [0.5, 0.6) is 5.75 Å². The number of ether oxygens (including phenoxy) is 1. The summed E-state index contributed by atoms with van der Waals surface area (Å²) < 4.78 is 18.6. The number of piperazine rings is 1. The molecule has 0 radical (unpaired) electrons. The number of pyridine rings is 1. The minimum Gasteiger partial charge on any atom is -0.487 e. The Hall–Kier alpha value is -3.04. The summed E-state index contributed by atoms with van der Waals surface area (Å²) in [5.74, 6) is 1.03. The van der Waals surface area contributed by atoms with E-state index in [-0.39, 0.29) is 11.7 Å². The van der Waals surface area contributed by atoms with Crippen molar-refractivity contribution in [1.29, 1.82) is 0 Å². The highest BCUT2D eigenvalue weighted by Crippen LogP contribution is 2.35. The molecule has 124 valence electrons. The fraction of sp³-hybridized carbons (Fsp3) is 0.357. The Kier molecular flexibility index (Phi) is 3.36. The average molecular weight is 332 g/mol. The smallest absolute Gasteiger partial charge is 0.291 e. The maximum Gasteiger partial charge on any atom is 0.291 e. The molecule has 0 aliphatic carbocycles. The van der Waals surface area contributed by atoms with Gasteiger partial charge < -0.3 is 14.5 Å². The van der Waals surface area contributed by atoms with Gasteiger partial charge in [-0.2, -0.15) is 0 Å². The second-order valence-corrected chi connectivity index (χ2v) is 5.58. The normalized spacial score (nSPS) is 19.3. The fourth-order valence-corrected chi connectivity index (χ4v) is 2.96. The predicted octanol–water partition coefficient (Wildman–Crippen LogP) is 1.01. The molecule has 0 N–H and O–H groups in total. The monoisotopic (exact) mass is 332 g/mol.